The van der Waals surface area contributed by atoms with E-state index in [4.69, 9.17) is 11.5 Å². The van der Waals surface area contributed by atoms with Gasteiger partial charge in [0.15, 0.2) is 0 Å². The van der Waals surface area contributed by atoms with Gasteiger partial charge in [-0.15, -0.1) is 24.8 Å². The lowest BCUT2D eigenvalue weighted by Crippen LogP contribution is -2.18. The van der Waals surface area contributed by atoms with Gasteiger partial charge in [0.25, 0.3) is 0 Å². The van der Waals surface area contributed by atoms with Crippen molar-refractivity contribution in [2.45, 2.75) is 50.6 Å². The van der Waals surface area contributed by atoms with E-state index in [1.807, 2.05) is 0 Å². The van der Waals surface area contributed by atoms with Gasteiger partial charge in [-0.05, 0) is 83.0 Å². The average Bonchev–Trinajstić information content (AvgIpc) is 2.74. The Bertz CT molecular complexity index is 932. The molecule has 0 spiro atoms. The van der Waals surface area contributed by atoms with E-state index in [1.54, 1.807) is 0 Å². The predicted molar refractivity (Wildman–Crippen MR) is 132 cm³/mol. The molecule has 0 unspecified atom stereocenters. The fourth-order valence-electron chi connectivity index (χ4n) is 5.14. The Labute approximate surface area is 191 Å². The fourth-order valence-corrected chi connectivity index (χ4v) is 5.14. The minimum Gasteiger partial charge on any atom is -0.324 e. The van der Waals surface area contributed by atoms with Crippen LogP contribution in [0.25, 0.3) is 22.3 Å². The largest absolute Gasteiger partial charge is 0.324 e. The maximum atomic E-state index is 6.36. The van der Waals surface area contributed by atoms with Crippen molar-refractivity contribution in [3.05, 3.63) is 82.9 Å². The minimum atomic E-state index is 0. The number of hydrogen-bond acceptors (Lipinski definition) is 2. The van der Waals surface area contributed by atoms with Crippen LogP contribution in [-0.4, -0.2) is 0 Å². The zero-order chi connectivity index (χ0) is 19.1. The van der Waals surface area contributed by atoms with Crippen molar-refractivity contribution < 1.29 is 0 Å². The Morgan fingerprint density at radius 1 is 0.567 bits per heavy atom. The second-order valence-corrected chi connectivity index (χ2v) is 8.32. The molecule has 5 rings (SSSR count). The highest BCUT2D eigenvalue weighted by Gasteiger charge is 2.21. The summed E-state index contributed by atoms with van der Waals surface area (Å²) in [7, 11) is 0. The van der Waals surface area contributed by atoms with Gasteiger partial charge in [-0.25, -0.2) is 0 Å². The lowest BCUT2D eigenvalue weighted by molar-refractivity contribution is 0.571. The van der Waals surface area contributed by atoms with E-state index in [0.717, 1.165) is 25.7 Å². The first-order valence-corrected chi connectivity index (χ1v) is 10.6. The Kier molecular flexibility index (Phi) is 7.26. The van der Waals surface area contributed by atoms with Crippen LogP contribution < -0.4 is 11.5 Å². The summed E-state index contributed by atoms with van der Waals surface area (Å²) >= 11 is 0. The molecule has 3 aromatic rings. The van der Waals surface area contributed by atoms with E-state index in [1.165, 1.54) is 57.3 Å². The molecule has 0 radical (unpaired) electrons. The van der Waals surface area contributed by atoms with E-state index in [0.29, 0.717) is 0 Å². The third-order valence-corrected chi connectivity index (χ3v) is 6.61. The maximum Gasteiger partial charge on any atom is 0.0297 e. The highest BCUT2D eigenvalue weighted by atomic mass is 35.5. The second-order valence-electron chi connectivity index (χ2n) is 8.32. The van der Waals surface area contributed by atoms with Gasteiger partial charge in [0.05, 0.1) is 0 Å². The molecule has 0 heterocycles. The van der Waals surface area contributed by atoms with E-state index < -0.39 is 0 Å². The second kappa shape index (κ2) is 9.53. The first-order valence-electron chi connectivity index (χ1n) is 10.6. The summed E-state index contributed by atoms with van der Waals surface area (Å²) in [6, 6.07) is 22.7. The van der Waals surface area contributed by atoms with Crippen molar-refractivity contribution in [2.75, 3.05) is 0 Å². The smallest absolute Gasteiger partial charge is 0.0297 e. The van der Waals surface area contributed by atoms with Crippen molar-refractivity contribution in [3.8, 4) is 22.3 Å². The molecule has 2 aliphatic rings. The molecule has 30 heavy (non-hydrogen) atoms. The number of fused-ring (bicyclic) bond motifs is 2. The highest BCUT2D eigenvalue weighted by molar-refractivity contribution is 5.85. The molecule has 3 aromatic carbocycles. The summed E-state index contributed by atoms with van der Waals surface area (Å²) in [5.41, 5.74) is 23.5. The lowest BCUT2D eigenvalue weighted by atomic mass is 9.82. The molecular weight excluding hydrogens is 411 g/mol. The van der Waals surface area contributed by atoms with Crippen LogP contribution in [0.15, 0.2) is 60.7 Å². The first kappa shape index (κ1) is 22.8. The molecule has 0 aliphatic heterocycles. The monoisotopic (exact) mass is 440 g/mol. The van der Waals surface area contributed by atoms with Gasteiger partial charge in [0.1, 0.15) is 0 Å². The molecule has 2 atom stereocenters. The summed E-state index contributed by atoms with van der Waals surface area (Å²) in [6.07, 6.45) is 6.81. The number of hydrogen-bond donors (Lipinski definition) is 2. The van der Waals surface area contributed by atoms with Crippen LogP contribution in [0.5, 0.6) is 0 Å². The van der Waals surface area contributed by atoms with E-state index in [9.17, 15) is 0 Å². The zero-order valence-corrected chi connectivity index (χ0v) is 18.8. The van der Waals surface area contributed by atoms with Gasteiger partial charge in [0, 0.05) is 12.1 Å². The SMILES string of the molecule is Cl.Cl.N[C@@H]1CCCc2c(-c3ccc(-c4cccc5c4CCC[C@H]5N)cc3)cccc21. The lowest BCUT2D eigenvalue weighted by Gasteiger charge is -2.25. The number of halogens is 2. The van der Waals surface area contributed by atoms with Crippen LogP contribution in [0.2, 0.25) is 0 Å². The zero-order valence-electron chi connectivity index (χ0n) is 17.1. The van der Waals surface area contributed by atoms with E-state index in [-0.39, 0.29) is 36.9 Å². The van der Waals surface area contributed by atoms with Crippen molar-refractivity contribution in [2.24, 2.45) is 11.5 Å². The van der Waals surface area contributed by atoms with E-state index >= 15 is 0 Å². The van der Waals surface area contributed by atoms with Gasteiger partial charge in [-0.1, -0.05) is 60.7 Å². The van der Waals surface area contributed by atoms with Gasteiger partial charge in [-0.2, -0.15) is 0 Å². The predicted octanol–water partition coefficient (Wildman–Crippen LogP) is 6.54. The molecular formula is C26H30Cl2N2. The van der Waals surface area contributed by atoms with Crippen LogP contribution >= 0.6 is 24.8 Å². The molecule has 0 saturated heterocycles. The Morgan fingerprint density at radius 2 is 0.967 bits per heavy atom. The Morgan fingerprint density at radius 3 is 1.37 bits per heavy atom. The maximum absolute atomic E-state index is 6.36. The van der Waals surface area contributed by atoms with Gasteiger partial charge in [0.2, 0.25) is 0 Å². The van der Waals surface area contributed by atoms with Crippen LogP contribution in [0, 0.1) is 0 Å². The van der Waals surface area contributed by atoms with Gasteiger partial charge >= 0.3 is 0 Å². The molecule has 0 saturated carbocycles. The standard InChI is InChI=1S/C26H28N2.2ClH/c27-25-11-3-7-21-19(5-1-9-23(21)25)17-13-15-18(16-14-17)20-6-2-10-24-22(20)8-4-12-26(24)28;;/h1-2,5-6,9-10,13-16,25-26H,3-4,7-8,11-12,27-28H2;2*1H/t25-,26-;;/m1../s1. The summed E-state index contributed by atoms with van der Waals surface area (Å²) in [5, 5.41) is 0. The van der Waals surface area contributed by atoms with Crippen molar-refractivity contribution in [1.82, 2.24) is 0 Å². The summed E-state index contributed by atoms with van der Waals surface area (Å²) in [6.45, 7) is 0. The van der Waals surface area contributed by atoms with E-state index in [2.05, 4.69) is 60.7 Å². The summed E-state index contributed by atoms with van der Waals surface area (Å²) < 4.78 is 0. The quantitative estimate of drug-likeness (QED) is 0.475. The van der Waals surface area contributed by atoms with Crippen LogP contribution in [0.4, 0.5) is 0 Å². The topological polar surface area (TPSA) is 52.0 Å². The third kappa shape index (κ3) is 4.02. The average molecular weight is 441 g/mol. The Balaban J connectivity index is 0.00000128. The van der Waals surface area contributed by atoms with Crippen molar-refractivity contribution in [1.29, 1.82) is 0 Å². The van der Waals surface area contributed by atoms with Gasteiger partial charge < -0.3 is 11.5 Å². The summed E-state index contributed by atoms with van der Waals surface area (Å²) in [5.74, 6) is 0. The molecule has 0 bridgehead atoms. The van der Waals surface area contributed by atoms with Crippen LogP contribution in [0.1, 0.15) is 60.0 Å². The highest BCUT2D eigenvalue weighted by Crippen LogP contribution is 2.38. The molecule has 2 aliphatic carbocycles. The molecule has 2 nitrogen and oxygen atoms in total. The Hall–Kier alpha value is -1.84. The number of benzene rings is 3. The number of rotatable bonds is 2. The molecule has 158 valence electrons. The fraction of sp³-hybridized carbons (Fsp3) is 0.308. The van der Waals surface area contributed by atoms with Crippen LogP contribution in [-0.2, 0) is 12.8 Å². The minimum absolute atomic E-state index is 0. The molecule has 0 aromatic heterocycles. The molecule has 0 fully saturated rings. The summed E-state index contributed by atoms with van der Waals surface area (Å²) in [4.78, 5) is 0. The third-order valence-electron chi connectivity index (χ3n) is 6.61. The first-order chi connectivity index (χ1) is 13.7. The normalized spacial score (nSPS) is 19.7. The van der Waals surface area contributed by atoms with Crippen molar-refractivity contribution >= 4 is 24.8 Å². The molecule has 4 heteroatoms. The molecule has 0 amide bonds. The number of nitrogens with two attached hydrogens (primary N) is 2. The van der Waals surface area contributed by atoms with Crippen LogP contribution in [0.3, 0.4) is 0 Å². The van der Waals surface area contributed by atoms with Gasteiger partial charge in [-0.3, -0.25) is 0 Å². The van der Waals surface area contributed by atoms with Crippen molar-refractivity contribution in [3.63, 3.8) is 0 Å². The molecule has 4 N–H and O–H groups in total.